The first-order valence-electron chi connectivity index (χ1n) is 30.6. The van der Waals surface area contributed by atoms with Gasteiger partial charge in [-0.1, -0.05) is 53.2 Å². The molecule has 1 saturated heterocycles. The van der Waals surface area contributed by atoms with Crippen LogP contribution in [0.4, 0.5) is 5.69 Å². The molecule has 14 amide bonds. The van der Waals surface area contributed by atoms with Crippen molar-refractivity contribution in [3.8, 4) is 5.75 Å². The average Bonchev–Trinajstić information content (AvgIpc) is 1.63. The third-order valence-electron chi connectivity index (χ3n) is 16.6. The summed E-state index contributed by atoms with van der Waals surface area (Å²) in [6.45, 7) is 6.13. The molecule has 16 N–H and O–H groups in total. The standard InChI is InChI=1S/C61H80N14O18S/c1-7-29(4)51-57(90)64-23-46(82)67-41-27-94-60-37(36-13-12-34(77)18-38(36)70-60)20-39(54(87)63-24-47(83)72-51)68-59(92)52(30(5)43(79)26-76)73-56(89)42-19-35(78)25-75(42)61(93)40(69-55(41)88)21-45(81)62-22-32-8-10-33(11-9-32)66-53(86)31(6)65-58(91)50(28(2)3)71-44(80)16-17-74-48(84)14-15-49(74)85/h8-15,18,28-31,35,39-43,50-52,70,76-79H,7,16-17,19-27H2,1-6H3,(H,62,81)(H,63,87)(H,64,90)(H,65,91)(H,66,86)(H,67,82)(H,68,92)(H,69,88)(H,71,80)(H,72,83)(H,73,89)/t29-,30-,31-,35+,39-,40-,41?,42-,43-,50?,51-,52-/m0/s1. The third kappa shape index (κ3) is 18.6. The van der Waals surface area contributed by atoms with Gasteiger partial charge in [-0.05, 0) is 54.2 Å². The number of anilines is 1. The lowest BCUT2D eigenvalue weighted by Crippen LogP contribution is -2.62. The molecule has 2 bridgehead atoms. The van der Waals surface area contributed by atoms with Crippen LogP contribution in [0.25, 0.3) is 10.9 Å². The summed E-state index contributed by atoms with van der Waals surface area (Å²) in [5, 5.41) is 71.6. The van der Waals surface area contributed by atoms with Gasteiger partial charge in [0, 0.05) is 79.9 Å². The van der Waals surface area contributed by atoms with Crippen molar-refractivity contribution in [2.24, 2.45) is 17.8 Å². The van der Waals surface area contributed by atoms with Crippen LogP contribution in [0.3, 0.4) is 0 Å². The lowest BCUT2D eigenvalue weighted by molar-refractivity contribution is -0.144. The van der Waals surface area contributed by atoms with Crippen LogP contribution >= 0.6 is 11.8 Å². The molecule has 1 fully saturated rings. The molecule has 94 heavy (non-hydrogen) atoms. The smallest absolute Gasteiger partial charge is 0.253 e. The van der Waals surface area contributed by atoms with Gasteiger partial charge in [0.05, 0.1) is 48.9 Å². The van der Waals surface area contributed by atoms with Crippen molar-refractivity contribution in [2.45, 2.75) is 146 Å². The first kappa shape index (κ1) is 72.0. The lowest BCUT2D eigenvalue weighted by Gasteiger charge is -2.33. The molecule has 508 valence electrons. The number of phenols is 1. The number of amides is 14. The number of nitrogens with zero attached hydrogens (tertiary/aromatic N) is 2. The molecule has 4 aliphatic rings. The summed E-state index contributed by atoms with van der Waals surface area (Å²) in [7, 11) is 0. The third-order valence-corrected chi connectivity index (χ3v) is 17.7. The summed E-state index contributed by atoms with van der Waals surface area (Å²) in [6.07, 6.45) is -2.50. The monoisotopic (exact) mass is 1330 g/mol. The number of benzene rings is 2. The molecule has 4 aliphatic heterocycles. The molecule has 2 aromatic carbocycles. The molecule has 0 spiro atoms. The molecule has 12 atom stereocenters. The maximum absolute atomic E-state index is 15.0. The van der Waals surface area contributed by atoms with Crippen molar-refractivity contribution in [1.29, 1.82) is 0 Å². The van der Waals surface area contributed by atoms with Crippen LogP contribution in [0.15, 0.2) is 59.6 Å². The molecule has 32 nitrogen and oxygen atoms in total. The molecule has 7 rings (SSSR count). The number of carbonyl (C=O) groups excluding carboxylic acids is 14. The number of imide groups is 1. The number of aromatic nitrogens is 1. The number of carbonyl (C=O) groups is 14. The number of nitrogens with one attached hydrogen (secondary N) is 12. The number of fused-ring (bicyclic) bond motifs is 5. The summed E-state index contributed by atoms with van der Waals surface area (Å²) in [6, 6.07) is -1.76. The number of phenolic OH excluding ortho intramolecular Hbond substituents is 1. The van der Waals surface area contributed by atoms with Gasteiger partial charge in [0.15, 0.2) is 0 Å². The van der Waals surface area contributed by atoms with Crippen LogP contribution in [0, 0.1) is 17.8 Å². The summed E-state index contributed by atoms with van der Waals surface area (Å²) in [5.74, 6) is -14.6. The Morgan fingerprint density at radius 2 is 1.40 bits per heavy atom. The van der Waals surface area contributed by atoms with E-state index >= 15 is 4.79 Å². The van der Waals surface area contributed by atoms with Crippen LogP contribution < -0.4 is 58.5 Å². The highest BCUT2D eigenvalue weighted by molar-refractivity contribution is 7.99. The average molecular weight is 1330 g/mol. The predicted octanol–water partition coefficient (Wildman–Crippen LogP) is -4.21. The molecule has 0 radical (unpaired) electrons. The van der Waals surface area contributed by atoms with E-state index in [9.17, 15) is 82.8 Å². The SMILES string of the molecule is CC[C@H](C)[C@@H]1NC(=O)CNC(=O)[C@@H]2Cc3c([nH]c4cc(O)ccc34)SCC(NC(=O)CNC1=O)C(=O)N[C@@H](CC(=O)NCc1ccc(NC(=O)[C@H](C)NC(=O)C(NC(=O)CCN3C(=O)C=CC3=O)C(C)C)cc1)C(=O)N1C[C@H](O)C[C@H]1C(=O)N[C@@H]([C@@H](C)[C@@H](O)CO)C(=O)N2. The largest absolute Gasteiger partial charge is 0.508 e. The van der Waals surface area contributed by atoms with E-state index in [4.69, 9.17) is 0 Å². The van der Waals surface area contributed by atoms with Gasteiger partial charge in [0.1, 0.15) is 54.1 Å². The van der Waals surface area contributed by atoms with Gasteiger partial charge in [-0.3, -0.25) is 72.0 Å². The minimum Gasteiger partial charge on any atom is -0.508 e. The molecule has 5 heterocycles. The van der Waals surface area contributed by atoms with E-state index in [1.165, 1.54) is 56.3 Å². The van der Waals surface area contributed by atoms with Crippen molar-refractivity contribution < 1.29 is 87.5 Å². The number of aliphatic hydroxyl groups is 3. The first-order valence-corrected chi connectivity index (χ1v) is 31.6. The Morgan fingerprint density at radius 3 is 2.06 bits per heavy atom. The van der Waals surface area contributed by atoms with Crippen LogP contribution in [-0.4, -0.2) is 217 Å². The van der Waals surface area contributed by atoms with Gasteiger partial charge in [0.25, 0.3) is 11.8 Å². The highest BCUT2D eigenvalue weighted by Crippen LogP contribution is 2.34. The van der Waals surface area contributed by atoms with Gasteiger partial charge in [-0.15, -0.1) is 11.8 Å². The number of aliphatic hydroxyl groups excluding tert-OH is 3. The minimum atomic E-state index is -1.87. The maximum atomic E-state index is 15.0. The van der Waals surface area contributed by atoms with E-state index in [1.807, 2.05) is 0 Å². The Hall–Kier alpha value is -9.47. The molecule has 0 saturated carbocycles. The number of hydrogen-bond donors (Lipinski definition) is 16. The zero-order chi connectivity index (χ0) is 68.8. The fourth-order valence-corrected chi connectivity index (χ4v) is 11.9. The van der Waals surface area contributed by atoms with Crippen molar-refractivity contribution in [2.75, 3.05) is 43.9 Å². The zero-order valence-electron chi connectivity index (χ0n) is 52.5. The van der Waals surface area contributed by atoms with Crippen molar-refractivity contribution >= 4 is 111 Å². The summed E-state index contributed by atoms with van der Waals surface area (Å²) in [4.78, 5) is 197. The molecule has 3 aromatic rings. The van der Waals surface area contributed by atoms with Crippen molar-refractivity contribution in [1.82, 2.24) is 68.0 Å². The number of hydrogen-bond acceptors (Lipinski definition) is 19. The molecular weight excluding hydrogens is 1250 g/mol. The molecule has 33 heteroatoms. The number of thioether (sulfide) groups is 1. The quantitative estimate of drug-likeness (QED) is 0.0537. The second-order valence-corrected chi connectivity index (χ2v) is 24.9. The molecule has 2 unspecified atom stereocenters. The van der Waals surface area contributed by atoms with E-state index in [2.05, 4.69) is 63.5 Å². The number of aromatic amines is 1. The van der Waals surface area contributed by atoms with E-state index in [-0.39, 0.29) is 41.7 Å². The van der Waals surface area contributed by atoms with E-state index in [0.717, 1.165) is 33.7 Å². The highest BCUT2D eigenvalue weighted by atomic mass is 32.2. The van der Waals surface area contributed by atoms with Crippen molar-refractivity contribution in [3.05, 3.63) is 65.7 Å². The number of aromatic hydroxyl groups is 1. The van der Waals surface area contributed by atoms with Gasteiger partial charge >= 0.3 is 0 Å². The van der Waals surface area contributed by atoms with Crippen LogP contribution in [0.1, 0.15) is 78.4 Å². The van der Waals surface area contributed by atoms with Gasteiger partial charge in [-0.2, -0.15) is 0 Å². The van der Waals surface area contributed by atoms with E-state index in [0.29, 0.717) is 28.5 Å². The number of H-pyrrole nitrogens is 1. The summed E-state index contributed by atoms with van der Waals surface area (Å²) in [5.41, 5.74) is 1.32. The van der Waals surface area contributed by atoms with Crippen LogP contribution in [-0.2, 0) is 80.1 Å². The summed E-state index contributed by atoms with van der Waals surface area (Å²) < 4.78 is 0. The number of rotatable bonds is 18. The second kappa shape index (κ2) is 32.4. The highest BCUT2D eigenvalue weighted by Gasteiger charge is 2.45. The maximum Gasteiger partial charge on any atom is 0.253 e. The van der Waals surface area contributed by atoms with E-state index < -0.39 is 207 Å². The van der Waals surface area contributed by atoms with Crippen LogP contribution in [0.2, 0.25) is 0 Å². The van der Waals surface area contributed by atoms with Gasteiger partial charge in [-0.25, -0.2) is 0 Å². The topological polar surface area (TPSA) is 474 Å². The Labute approximate surface area is 543 Å². The molecule has 1 aromatic heterocycles. The Balaban J connectivity index is 1.15. The van der Waals surface area contributed by atoms with Crippen molar-refractivity contribution in [3.63, 3.8) is 0 Å². The Kier molecular flexibility index (Phi) is 24.8. The van der Waals surface area contributed by atoms with Crippen LogP contribution in [0.5, 0.6) is 5.75 Å². The molecular formula is C61H80N14O18S. The zero-order valence-corrected chi connectivity index (χ0v) is 53.3. The van der Waals surface area contributed by atoms with E-state index in [1.54, 1.807) is 27.7 Å². The minimum absolute atomic E-state index is 0.184. The molecule has 0 aliphatic carbocycles. The lowest BCUT2D eigenvalue weighted by atomic mass is 9.93. The fraction of sp³-hybridized carbons (Fsp3) is 0.508. The van der Waals surface area contributed by atoms with Gasteiger partial charge in [0.2, 0.25) is 70.9 Å². The Bertz CT molecular complexity index is 3430. The predicted molar refractivity (Wildman–Crippen MR) is 334 cm³/mol. The Morgan fingerprint density at radius 1 is 0.734 bits per heavy atom. The normalized spacial score (nSPS) is 23.6. The first-order chi connectivity index (χ1) is 44.5. The fourth-order valence-electron chi connectivity index (χ4n) is 10.8. The second-order valence-electron chi connectivity index (χ2n) is 23.9. The van der Waals surface area contributed by atoms with Gasteiger partial charge < -0.3 is 88.8 Å². The summed E-state index contributed by atoms with van der Waals surface area (Å²) >= 11 is 0.913.